The highest BCUT2D eigenvalue weighted by atomic mass is 19.1. The fourth-order valence-electron chi connectivity index (χ4n) is 4.47. The Hall–Kier alpha value is -4.10. The highest BCUT2D eigenvalue weighted by molar-refractivity contribution is 5.90. The second-order valence-electron chi connectivity index (χ2n) is 11.3. The summed E-state index contributed by atoms with van der Waals surface area (Å²) >= 11 is 0. The zero-order valence-corrected chi connectivity index (χ0v) is 24.8. The Labute approximate surface area is 250 Å². The van der Waals surface area contributed by atoms with Crippen molar-refractivity contribution in [2.24, 2.45) is 0 Å². The van der Waals surface area contributed by atoms with Gasteiger partial charge in [0, 0.05) is 32.7 Å². The largest absolute Gasteiger partial charge is 0.484 e. The van der Waals surface area contributed by atoms with Crippen LogP contribution in [0.3, 0.4) is 0 Å². The van der Waals surface area contributed by atoms with Crippen LogP contribution in [-0.4, -0.2) is 93.8 Å². The number of morpholine rings is 1. The van der Waals surface area contributed by atoms with Crippen molar-refractivity contribution in [1.29, 1.82) is 0 Å². The molecule has 2 aliphatic heterocycles. The van der Waals surface area contributed by atoms with Crippen molar-refractivity contribution in [1.82, 2.24) is 15.5 Å². The van der Waals surface area contributed by atoms with E-state index in [1.54, 1.807) is 26.8 Å². The summed E-state index contributed by atoms with van der Waals surface area (Å²) < 4.78 is 36.2. The Balaban J connectivity index is 1.13. The van der Waals surface area contributed by atoms with E-state index >= 15 is 0 Å². The molecule has 13 heteroatoms. The van der Waals surface area contributed by atoms with E-state index in [9.17, 15) is 18.8 Å². The van der Waals surface area contributed by atoms with Gasteiger partial charge in [-0.3, -0.25) is 14.6 Å². The van der Waals surface area contributed by atoms with Crippen LogP contribution in [0.4, 0.5) is 25.4 Å². The molecule has 234 valence electrons. The zero-order valence-electron chi connectivity index (χ0n) is 24.8. The molecule has 2 aliphatic rings. The number of nitrogens with one attached hydrogen (secondary N) is 3. The number of benzene rings is 2. The first-order valence-corrected chi connectivity index (χ1v) is 14.3. The van der Waals surface area contributed by atoms with Crippen LogP contribution in [0, 0.1) is 5.82 Å². The summed E-state index contributed by atoms with van der Waals surface area (Å²) in [6.45, 7) is 10.0. The van der Waals surface area contributed by atoms with Crippen LogP contribution in [0.15, 0.2) is 42.5 Å². The molecular formula is C30H40FN5O7. The fraction of sp³-hybridized carbons (Fsp3) is 0.500. The highest BCUT2D eigenvalue weighted by Crippen LogP contribution is 2.26. The lowest BCUT2D eigenvalue weighted by molar-refractivity contribution is -0.123. The maximum absolute atomic E-state index is 14.8. The van der Waals surface area contributed by atoms with Crippen molar-refractivity contribution in [2.45, 2.75) is 39.0 Å². The standard InChI is InChI=1S/C30H40FN5O7/c1-30(2,3)43-28(38)34-17-24-19-36(29(39)42-24)22-6-9-26(25(31)16-22)32-10-11-33-27(37)20-41-23-7-4-21(5-8-23)18-35-12-14-40-15-13-35/h4-9,16,24,32H,10-15,17-20H2,1-3H3,(H,33,37)(H,34,38)/t24-/m0/s1. The van der Waals surface area contributed by atoms with Crippen LogP contribution < -0.4 is 25.6 Å². The Morgan fingerprint density at radius 3 is 2.49 bits per heavy atom. The van der Waals surface area contributed by atoms with Crippen molar-refractivity contribution in [3.63, 3.8) is 0 Å². The number of hydrogen-bond donors (Lipinski definition) is 3. The van der Waals surface area contributed by atoms with Crippen molar-refractivity contribution in [3.05, 3.63) is 53.8 Å². The van der Waals surface area contributed by atoms with E-state index < -0.39 is 29.7 Å². The van der Waals surface area contributed by atoms with Crippen LogP contribution in [0.25, 0.3) is 0 Å². The number of amides is 3. The summed E-state index contributed by atoms with van der Waals surface area (Å²) in [5.74, 6) is -0.251. The molecule has 2 fully saturated rings. The predicted molar refractivity (Wildman–Crippen MR) is 158 cm³/mol. The molecule has 0 radical (unpaired) electrons. The van der Waals surface area contributed by atoms with E-state index in [-0.39, 0.29) is 44.4 Å². The quantitative estimate of drug-likeness (QED) is 0.314. The minimum Gasteiger partial charge on any atom is -0.484 e. The van der Waals surface area contributed by atoms with Crippen molar-refractivity contribution < 1.29 is 37.7 Å². The summed E-state index contributed by atoms with van der Waals surface area (Å²) in [4.78, 5) is 40.0. The molecule has 2 aromatic carbocycles. The number of cyclic esters (lactones) is 1. The van der Waals surface area contributed by atoms with E-state index in [0.717, 1.165) is 32.8 Å². The van der Waals surface area contributed by atoms with Gasteiger partial charge in [0.25, 0.3) is 5.91 Å². The van der Waals surface area contributed by atoms with Crippen LogP contribution in [0.2, 0.25) is 0 Å². The molecule has 2 heterocycles. The lowest BCUT2D eigenvalue weighted by atomic mass is 10.2. The summed E-state index contributed by atoms with van der Waals surface area (Å²) in [7, 11) is 0. The van der Waals surface area contributed by atoms with Gasteiger partial charge in [-0.1, -0.05) is 12.1 Å². The van der Waals surface area contributed by atoms with E-state index in [1.807, 2.05) is 24.3 Å². The molecule has 0 aliphatic carbocycles. The SMILES string of the molecule is CC(C)(C)OC(=O)NC[C@H]1CN(c2ccc(NCCNC(=O)COc3ccc(CN4CCOCC4)cc3)c(F)c2)C(=O)O1. The first-order valence-electron chi connectivity index (χ1n) is 14.3. The Kier molecular flexibility index (Phi) is 11.0. The molecule has 0 bridgehead atoms. The highest BCUT2D eigenvalue weighted by Gasteiger charge is 2.33. The molecule has 4 rings (SSSR count). The number of halogens is 1. The molecule has 2 saturated heterocycles. The molecule has 0 saturated carbocycles. The van der Waals surface area contributed by atoms with Crippen molar-refractivity contribution in [2.75, 3.05) is 69.3 Å². The second kappa shape index (κ2) is 14.9. The molecule has 43 heavy (non-hydrogen) atoms. The first-order chi connectivity index (χ1) is 20.6. The number of hydrogen-bond acceptors (Lipinski definition) is 9. The smallest absolute Gasteiger partial charge is 0.414 e. The molecule has 0 unspecified atom stereocenters. The van der Waals surface area contributed by atoms with Gasteiger partial charge in [-0.25, -0.2) is 14.0 Å². The summed E-state index contributed by atoms with van der Waals surface area (Å²) in [6.07, 6.45) is -1.85. The fourth-order valence-corrected chi connectivity index (χ4v) is 4.47. The number of alkyl carbamates (subject to hydrolysis) is 1. The van der Waals surface area contributed by atoms with E-state index in [1.165, 1.54) is 22.6 Å². The number of carbonyl (C=O) groups excluding carboxylic acids is 3. The van der Waals surface area contributed by atoms with Crippen LogP contribution in [0.1, 0.15) is 26.3 Å². The lowest BCUT2D eigenvalue weighted by Gasteiger charge is -2.26. The maximum atomic E-state index is 14.8. The molecule has 0 spiro atoms. The molecule has 1 atom stereocenters. The second-order valence-corrected chi connectivity index (χ2v) is 11.3. The maximum Gasteiger partial charge on any atom is 0.414 e. The number of carbonyl (C=O) groups is 3. The lowest BCUT2D eigenvalue weighted by Crippen LogP contribution is -2.38. The van der Waals surface area contributed by atoms with Gasteiger partial charge in [-0.15, -0.1) is 0 Å². The van der Waals surface area contributed by atoms with Crippen LogP contribution in [0.5, 0.6) is 5.75 Å². The first kappa shape index (κ1) is 31.8. The molecule has 0 aromatic heterocycles. The summed E-state index contributed by atoms with van der Waals surface area (Å²) in [6, 6.07) is 12.0. The average molecular weight is 602 g/mol. The van der Waals surface area contributed by atoms with Gasteiger partial charge in [-0.2, -0.15) is 0 Å². The molecule has 3 amide bonds. The normalized spacial score (nSPS) is 17.3. The minimum atomic E-state index is -0.646. The number of rotatable bonds is 12. The number of anilines is 2. The van der Waals surface area contributed by atoms with Crippen molar-refractivity contribution >= 4 is 29.5 Å². The number of ether oxygens (including phenoxy) is 4. The van der Waals surface area contributed by atoms with E-state index in [0.29, 0.717) is 11.4 Å². The summed E-state index contributed by atoms with van der Waals surface area (Å²) in [5.41, 5.74) is 1.07. The Morgan fingerprint density at radius 2 is 1.79 bits per heavy atom. The minimum absolute atomic E-state index is 0.0671. The van der Waals surface area contributed by atoms with Gasteiger partial charge in [-0.05, 0) is 56.7 Å². The zero-order chi connectivity index (χ0) is 30.8. The monoisotopic (exact) mass is 601 g/mol. The van der Waals surface area contributed by atoms with Gasteiger partial charge >= 0.3 is 12.2 Å². The molecular weight excluding hydrogens is 561 g/mol. The average Bonchev–Trinajstić information content (AvgIpc) is 3.34. The van der Waals surface area contributed by atoms with Gasteiger partial charge in [0.2, 0.25) is 0 Å². The van der Waals surface area contributed by atoms with E-state index in [2.05, 4.69) is 20.9 Å². The van der Waals surface area contributed by atoms with Crippen LogP contribution in [-0.2, 0) is 25.5 Å². The third kappa shape index (κ3) is 10.3. The molecule has 2 aromatic rings. The molecule has 3 N–H and O–H groups in total. The third-order valence-electron chi connectivity index (χ3n) is 6.58. The summed E-state index contributed by atoms with van der Waals surface area (Å²) in [5, 5.41) is 8.23. The molecule has 12 nitrogen and oxygen atoms in total. The Morgan fingerprint density at radius 1 is 1.05 bits per heavy atom. The van der Waals surface area contributed by atoms with Crippen LogP contribution >= 0.6 is 0 Å². The number of nitrogens with zero attached hydrogens (tertiary/aromatic N) is 2. The van der Waals surface area contributed by atoms with E-state index in [4.69, 9.17) is 18.9 Å². The third-order valence-corrected chi connectivity index (χ3v) is 6.58. The predicted octanol–water partition coefficient (Wildman–Crippen LogP) is 3.11. The van der Waals surface area contributed by atoms with Gasteiger partial charge in [0.15, 0.2) is 6.61 Å². The van der Waals surface area contributed by atoms with Gasteiger partial charge in [0.05, 0.1) is 37.7 Å². The van der Waals surface area contributed by atoms with Gasteiger partial charge in [0.1, 0.15) is 23.3 Å². The van der Waals surface area contributed by atoms with Gasteiger partial charge < -0.3 is 34.9 Å². The van der Waals surface area contributed by atoms with Crippen molar-refractivity contribution in [3.8, 4) is 5.75 Å². The Bertz CT molecular complexity index is 1250. The topological polar surface area (TPSA) is 131 Å².